The van der Waals surface area contributed by atoms with Crippen LogP contribution in [0.4, 0.5) is 9.93 Å². The average molecular weight is 322 g/mol. The molecule has 0 saturated carbocycles. The number of amides is 2. The first-order valence-corrected chi connectivity index (χ1v) is 8.79. The summed E-state index contributed by atoms with van der Waals surface area (Å²) in [4.78, 5) is 19.7. The van der Waals surface area contributed by atoms with Crippen molar-refractivity contribution in [3.05, 3.63) is 34.0 Å². The predicted molar refractivity (Wildman–Crippen MR) is 87.0 cm³/mol. The van der Waals surface area contributed by atoms with Gasteiger partial charge in [-0.3, -0.25) is 0 Å². The maximum absolute atomic E-state index is 11.8. The van der Waals surface area contributed by atoms with Gasteiger partial charge in [0, 0.05) is 35.6 Å². The summed E-state index contributed by atoms with van der Waals surface area (Å²) < 4.78 is 0. The molecular weight excluding hydrogens is 304 g/mol. The van der Waals surface area contributed by atoms with Gasteiger partial charge in [0.1, 0.15) is 0 Å². The molecule has 1 unspecified atom stereocenters. The predicted octanol–water partition coefficient (Wildman–Crippen LogP) is 2.67. The molecule has 21 heavy (non-hydrogen) atoms. The molecule has 2 aromatic rings. The van der Waals surface area contributed by atoms with Crippen LogP contribution >= 0.6 is 22.7 Å². The van der Waals surface area contributed by atoms with Crippen LogP contribution in [-0.4, -0.2) is 30.1 Å². The van der Waals surface area contributed by atoms with Crippen LogP contribution in [0.2, 0.25) is 0 Å². The number of aromatic nitrogens is 1. The number of carbonyl (C=O) groups is 1. The topological polar surface area (TPSA) is 57.3 Å². The average Bonchev–Trinajstić information content (AvgIpc) is 3.24. The molecule has 0 aliphatic carbocycles. The van der Waals surface area contributed by atoms with Crippen molar-refractivity contribution in [3.63, 3.8) is 0 Å². The lowest BCUT2D eigenvalue weighted by Gasteiger charge is -2.24. The van der Waals surface area contributed by atoms with Crippen LogP contribution in [0.1, 0.15) is 17.7 Å². The van der Waals surface area contributed by atoms with Gasteiger partial charge >= 0.3 is 6.03 Å². The summed E-state index contributed by atoms with van der Waals surface area (Å²) >= 11 is 3.30. The first-order valence-electron chi connectivity index (χ1n) is 7.03. The number of rotatable bonds is 5. The van der Waals surface area contributed by atoms with Gasteiger partial charge in [0.15, 0.2) is 5.13 Å². The van der Waals surface area contributed by atoms with Crippen molar-refractivity contribution in [2.45, 2.75) is 25.4 Å². The Labute approximate surface area is 132 Å². The van der Waals surface area contributed by atoms with Crippen molar-refractivity contribution in [2.75, 3.05) is 18.0 Å². The van der Waals surface area contributed by atoms with E-state index in [2.05, 4.69) is 20.5 Å². The molecule has 7 heteroatoms. The zero-order valence-electron chi connectivity index (χ0n) is 11.6. The molecule has 2 aromatic heterocycles. The third kappa shape index (κ3) is 3.74. The SMILES string of the molecule is O=C(NCc1cccs1)NCC1CCCN1c1nccs1. The zero-order chi connectivity index (χ0) is 14.5. The molecule has 3 heterocycles. The van der Waals surface area contributed by atoms with Gasteiger partial charge in [-0.25, -0.2) is 9.78 Å². The maximum Gasteiger partial charge on any atom is 0.315 e. The Morgan fingerprint density at radius 3 is 3.10 bits per heavy atom. The highest BCUT2D eigenvalue weighted by Gasteiger charge is 2.26. The van der Waals surface area contributed by atoms with Gasteiger partial charge in [-0.2, -0.15) is 0 Å². The van der Waals surface area contributed by atoms with E-state index in [1.165, 1.54) is 0 Å². The normalized spacial score (nSPS) is 17.9. The smallest absolute Gasteiger partial charge is 0.315 e. The number of hydrogen-bond acceptors (Lipinski definition) is 5. The Balaban J connectivity index is 1.44. The Morgan fingerprint density at radius 2 is 2.33 bits per heavy atom. The minimum atomic E-state index is -0.102. The van der Waals surface area contributed by atoms with E-state index < -0.39 is 0 Å². The zero-order valence-corrected chi connectivity index (χ0v) is 13.3. The molecule has 2 N–H and O–H groups in total. The van der Waals surface area contributed by atoms with E-state index in [1.807, 2.05) is 29.1 Å². The summed E-state index contributed by atoms with van der Waals surface area (Å²) in [6.07, 6.45) is 4.09. The van der Waals surface area contributed by atoms with Gasteiger partial charge in [0.25, 0.3) is 0 Å². The number of hydrogen-bond donors (Lipinski definition) is 2. The van der Waals surface area contributed by atoms with E-state index in [4.69, 9.17) is 0 Å². The highest BCUT2D eigenvalue weighted by atomic mass is 32.1. The quantitative estimate of drug-likeness (QED) is 0.890. The van der Waals surface area contributed by atoms with E-state index >= 15 is 0 Å². The van der Waals surface area contributed by atoms with E-state index in [9.17, 15) is 4.79 Å². The van der Waals surface area contributed by atoms with Crippen LogP contribution in [0.3, 0.4) is 0 Å². The maximum atomic E-state index is 11.8. The first kappa shape index (κ1) is 14.3. The van der Waals surface area contributed by atoms with Crippen LogP contribution in [0.5, 0.6) is 0 Å². The molecule has 0 aromatic carbocycles. The Morgan fingerprint density at radius 1 is 1.38 bits per heavy atom. The van der Waals surface area contributed by atoms with E-state index in [0.29, 0.717) is 19.1 Å². The summed E-state index contributed by atoms with van der Waals surface area (Å²) in [5.41, 5.74) is 0. The second-order valence-electron chi connectivity index (χ2n) is 4.95. The molecule has 112 valence electrons. The van der Waals surface area contributed by atoms with Crippen LogP contribution in [0.25, 0.3) is 0 Å². The number of thiazole rings is 1. The number of carbonyl (C=O) groups excluding carboxylic acids is 1. The van der Waals surface area contributed by atoms with Gasteiger partial charge in [0.2, 0.25) is 0 Å². The van der Waals surface area contributed by atoms with E-state index in [1.54, 1.807) is 22.7 Å². The minimum Gasteiger partial charge on any atom is -0.343 e. The fourth-order valence-electron chi connectivity index (χ4n) is 2.51. The standard InChI is InChI=1S/C14H18N4OS2/c19-13(17-10-12-4-2-7-20-12)16-9-11-3-1-6-18(11)14-15-5-8-21-14/h2,4-5,7-8,11H,1,3,6,9-10H2,(H2,16,17,19). The molecule has 1 atom stereocenters. The van der Waals surface area contributed by atoms with Crippen molar-refractivity contribution >= 4 is 33.8 Å². The lowest BCUT2D eigenvalue weighted by Crippen LogP contribution is -2.43. The van der Waals surface area contributed by atoms with Crippen molar-refractivity contribution in [1.82, 2.24) is 15.6 Å². The molecule has 0 bridgehead atoms. The fourth-order valence-corrected chi connectivity index (χ4v) is 3.90. The molecule has 1 saturated heterocycles. The van der Waals surface area contributed by atoms with Gasteiger partial charge < -0.3 is 15.5 Å². The number of nitrogens with zero attached hydrogens (tertiary/aromatic N) is 2. The molecular formula is C14H18N4OS2. The van der Waals surface area contributed by atoms with Gasteiger partial charge in [-0.1, -0.05) is 6.07 Å². The van der Waals surface area contributed by atoms with Crippen molar-refractivity contribution in [2.24, 2.45) is 0 Å². The fraction of sp³-hybridized carbons (Fsp3) is 0.429. The summed E-state index contributed by atoms with van der Waals surface area (Å²) in [5, 5.41) is 10.9. The number of anilines is 1. The molecule has 1 fully saturated rings. The van der Waals surface area contributed by atoms with Crippen molar-refractivity contribution in [3.8, 4) is 0 Å². The Bertz CT molecular complexity index is 556. The monoisotopic (exact) mass is 322 g/mol. The van der Waals surface area contributed by atoms with Gasteiger partial charge in [0.05, 0.1) is 6.54 Å². The molecule has 0 radical (unpaired) electrons. The summed E-state index contributed by atoms with van der Waals surface area (Å²) in [7, 11) is 0. The third-order valence-corrected chi connectivity index (χ3v) is 5.23. The van der Waals surface area contributed by atoms with Crippen molar-refractivity contribution in [1.29, 1.82) is 0 Å². The summed E-state index contributed by atoms with van der Waals surface area (Å²) in [5.74, 6) is 0. The van der Waals surface area contributed by atoms with E-state index in [-0.39, 0.29) is 6.03 Å². The van der Waals surface area contributed by atoms with Crippen LogP contribution in [-0.2, 0) is 6.54 Å². The van der Waals surface area contributed by atoms with Gasteiger partial charge in [-0.05, 0) is 24.3 Å². The van der Waals surface area contributed by atoms with Gasteiger partial charge in [-0.15, -0.1) is 22.7 Å². The summed E-state index contributed by atoms with van der Waals surface area (Å²) in [6, 6.07) is 4.26. The highest BCUT2D eigenvalue weighted by Crippen LogP contribution is 2.26. The minimum absolute atomic E-state index is 0.102. The molecule has 1 aliphatic heterocycles. The van der Waals surface area contributed by atoms with Crippen molar-refractivity contribution < 1.29 is 4.79 Å². The Kier molecular flexibility index (Phi) is 4.72. The molecule has 2 amide bonds. The molecule has 5 nitrogen and oxygen atoms in total. The largest absolute Gasteiger partial charge is 0.343 e. The number of urea groups is 1. The lowest BCUT2D eigenvalue weighted by atomic mass is 10.2. The second kappa shape index (κ2) is 6.91. The molecule has 0 spiro atoms. The van der Waals surface area contributed by atoms with Crippen LogP contribution in [0, 0.1) is 0 Å². The third-order valence-electron chi connectivity index (χ3n) is 3.54. The molecule has 1 aliphatic rings. The number of thiophene rings is 1. The number of nitrogens with one attached hydrogen (secondary N) is 2. The van der Waals surface area contributed by atoms with E-state index in [0.717, 1.165) is 29.4 Å². The van der Waals surface area contributed by atoms with Crippen LogP contribution < -0.4 is 15.5 Å². The Hall–Kier alpha value is -1.60. The lowest BCUT2D eigenvalue weighted by molar-refractivity contribution is 0.240. The summed E-state index contributed by atoms with van der Waals surface area (Å²) in [6.45, 7) is 2.27. The highest BCUT2D eigenvalue weighted by molar-refractivity contribution is 7.13. The van der Waals surface area contributed by atoms with Crippen LogP contribution in [0.15, 0.2) is 29.1 Å². The second-order valence-corrected chi connectivity index (χ2v) is 6.85. The molecule has 3 rings (SSSR count). The first-order chi connectivity index (χ1) is 10.3.